The van der Waals surface area contributed by atoms with Gasteiger partial charge in [-0.2, -0.15) is 14.6 Å². The molecule has 0 unspecified atom stereocenters. The first kappa shape index (κ1) is 12.4. The predicted octanol–water partition coefficient (Wildman–Crippen LogP) is 2.05. The van der Waals surface area contributed by atoms with Crippen LogP contribution in [0.3, 0.4) is 0 Å². The molecule has 20 heavy (non-hydrogen) atoms. The molecule has 3 rings (SSSR count). The lowest BCUT2D eigenvalue weighted by Gasteiger charge is -2.09. The lowest BCUT2D eigenvalue weighted by molar-refractivity contribution is 0.414. The molecule has 0 fully saturated rings. The number of anilines is 1. The molecule has 2 aromatic heterocycles. The summed E-state index contributed by atoms with van der Waals surface area (Å²) in [6.07, 6.45) is 1.50. The third kappa shape index (κ3) is 2.40. The van der Waals surface area contributed by atoms with Crippen LogP contribution in [0.25, 0.3) is 5.78 Å². The second kappa shape index (κ2) is 5.16. The maximum Gasteiger partial charge on any atom is 0.254 e. The number of methoxy groups -OCH3 is 1. The topological polar surface area (TPSA) is 64.3 Å². The number of fused-ring (bicyclic) bond motifs is 1. The summed E-state index contributed by atoms with van der Waals surface area (Å²) in [5.41, 5.74) is 2.07. The first-order chi connectivity index (χ1) is 9.76. The summed E-state index contributed by atoms with van der Waals surface area (Å²) in [5, 5.41) is 7.51. The molecular weight excluding hydrogens is 254 g/mol. The molecule has 1 N–H and O–H groups in total. The molecule has 0 aliphatic carbocycles. The largest absolute Gasteiger partial charge is 0.497 e. The summed E-state index contributed by atoms with van der Waals surface area (Å²) in [5.74, 6) is 2.33. The molecule has 0 saturated heterocycles. The Morgan fingerprint density at radius 3 is 2.80 bits per heavy atom. The Bertz CT molecular complexity index is 720. The molecule has 0 aliphatic heterocycles. The fraction of sp³-hybridized carbons (Fsp3) is 0.214. The van der Waals surface area contributed by atoms with Crippen LogP contribution in [0.2, 0.25) is 0 Å². The number of hydrogen-bond donors (Lipinski definition) is 1. The van der Waals surface area contributed by atoms with Gasteiger partial charge in [-0.3, -0.25) is 0 Å². The molecule has 0 amide bonds. The van der Waals surface area contributed by atoms with Crippen LogP contribution in [0.4, 0.5) is 5.82 Å². The van der Waals surface area contributed by atoms with Crippen molar-refractivity contribution >= 4 is 11.6 Å². The normalized spacial score (nSPS) is 10.7. The molecule has 0 bridgehead atoms. The second-order valence-corrected chi connectivity index (χ2v) is 4.46. The Hall–Kier alpha value is -2.63. The van der Waals surface area contributed by atoms with Gasteiger partial charge in [-0.25, -0.2) is 4.98 Å². The molecular formula is C14H15N5O. The van der Waals surface area contributed by atoms with Gasteiger partial charge in [0.05, 0.1) is 7.11 Å². The maximum atomic E-state index is 5.14. The zero-order chi connectivity index (χ0) is 13.9. The van der Waals surface area contributed by atoms with Gasteiger partial charge in [0.25, 0.3) is 5.78 Å². The van der Waals surface area contributed by atoms with E-state index >= 15 is 0 Å². The van der Waals surface area contributed by atoms with Crippen molar-refractivity contribution in [2.24, 2.45) is 0 Å². The Labute approximate surface area is 116 Å². The third-order valence-electron chi connectivity index (χ3n) is 3.01. The van der Waals surface area contributed by atoms with E-state index < -0.39 is 0 Å². The van der Waals surface area contributed by atoms with E-state index in [-0.39, 0.29) is 0 Å². The molecule has 0 spiro atoms. The van der Waals surface area contributed by atoms with Crippen LogP contribution in [0, 0.1) is 6.92 Å². The average molecular weight is 269 g/mol. The summed E-state index contributed by atoms with van der Waals surface area (Å²) in [7, 11) is 1.66. The van der Waals surface area contributed by atoms with E-state index in [1.165, 1.54) is 6.33 Å². The molecule has 2 heterocycles. The van der Waals surface area contributed by atoms with Crippen molar-refractivity contribution in [1.29, 1.82) is 0 Å². The van der Waals surface area contributed by atoms with Crippen molar-refractivity contribution in [2.75, 3.05) is 12.4 Å². The highest BCUT2D eigenvalue weighted by molar-refractivity contribution is 5.45. The standard InChI is InChI=1S/C14H15N5O/c1-10-7-13(19-14(18-10)16-9-17-19)15-8-11-3-5-12(20-2)6-4-11/h3-7,9,15H,8H2,1-2H3. The molecule has 6 nitrogen and oxygen atoms in total. The number of rotatable bonds is 4. The molecule has 6 heteroatoms. The Kier molecular flexibility index (Phi) is 3.20. The van der Waals surface area contributed by atoms with Crippen LogP contribution in [-0.2, 0) is 6.54 Å². The molecule has 0 atom stereocenters. The van der Waals surface area contributed by atoms with Crippen molar-refractivity contribution in [1.82, 2.24) is 19.6 Å². The first-order valence-corrected chi connectivity index (χ1v) is 6.30. The third-order valence-corrected chi connectivity index (χ3v) is 3.01. The van der Waals surface area contributed by atoms with Crippen molar-refractivity contribution in [3.8, 4) is 5.75 Å². The molecule has 0 aliphatic rings. The fourth-order valence-electron chi connectivity index (χ4n) is 1.99. The van der Waals surface area contributed by atoms with Gasteiger partial charge in [0, 0.05) is 18.3 Å². The Morgan fingerprint density at radius 1 is 1.25 bits per heavy atom. The van der Waals surface area contributed by atoms with Gasteiger partial charge >= 0.3 is 0 Å². The first-order valence-electron chi connectivity index (χ1n) is 6.30. The molecule has 3 aromatic rings. The number of ether oxygens (including phenoxy) is 1. The lowest BCUT2D eigenvalue weighted by atomic mass is 10.2. The molecule has 0 radical (unpaired) electrons. The van der Waals surface area contributed by atoms with Crippen molar-refractivity contribution in [3.63, 3.8) is 0 Å². The van der Waals surface area contributed by atoms with E-state index in [2.05, 4.69) is 20.4 Å². The summed E-state index contributed by atoms with van der Waals surface area (Å²) in [6, 6.07) is 9.89. The van der Waals surface area contributed by atoms with Crippen molar-refractivity contribution in [3.05, 3.63) is 47.9 Å². The van der Waals surface area contributed by atoms with E-state index in [4.69, 9.17) is 4.74 Å². The quantitative estimate of drug-likeness (QED) is 0.785. The van der Waals surface area contributed by atoms with Gasteiger partial charge in [-0.15, -0.1) is 0 Å². The summed E-state index contributed by atoms with van der Waals surface area (Å²) in [4.78, 5) is 8.41. The van der Waals surface area contributed by atoms with E-state index in [1.807, 2.05) is 37.3 Å². The summed E-state index contributed by atoms with van der Waals surface area (Å²) < 4.78 is 6.83. The fourth-order valence-corrected chi connectivity index (χ4v) is 1.99. The van der Waals surface area contributed by atoms with Gasteiger partial charge < -0.3 is 10.1 Å². The van der Waals surface area contributed by atoms with Gasteiger partial charge in [-0.05, 0) is 24.6 Å². The molecule has 102 valence electrons. The van der Waals surface area contributed by atoms with E-state index in [9.17, 15) is 0 Å². The number of benzene rings is 1. The molecule has 0 saturated carbocycles. The summed E-state index contributed by atoms with van der Waals surface area (Å²) >= 11 is 0. The number of nitrogens with zero attached hydrogens (tertiary/aromatic N) is 4. The molecule has 1 aromatic carbocycles. The number of aromatic nitrogens is 4. The van der Waals surface area contributed by atoms with E-state index in [0.717, 1.165) is 22.8 Å². The number of aryl methyl sites for hydroxylation is 1. The van der Waals surface area contributed by atoms with Crippen molar-refractivity contribution < 1.29 is 4.74 Å². The predicted molar refractivity (Wildman–Crippen MR) is 75.8 cm³/mol. The van der Waals surface area contributed by atoms with Gasteiger partial charge in [-0.1, -0.05) is 12.1 Å². The van der Waals surface area contributed by atoms with Gasteiger partial charge in [0.15, 0.2) is 0 Å². The minimum Gasteiger partial charge on any atom is -0.497 e. The van der Waals surface area contributed by atoms with Crippen LogP contribution in [0.15, 0.2) is 36.7 Å². The van der Waals surface area contributed by atoms with Crippen LogP contribution in [0.1, 0.15) is 11.3 Å². The highest BCUT2D eigenvalue weighted by Gasteiger charge is 2.05. The zero-order valence-corrected chi connectivity index (χ0v) is 11.4. The lowest BCUT2D eigenvalue weighted by Crippen LogP contribution is -2.06. The monoisotopic (exact) mass is 269 g/mol. The van der Waals surface area contributed by atoms with Gasteiger partial charge in [0.1, 0.15) is 17.9 Å². The second-order valence-electron chi connectivity index (χ2n) is 4.46. The average Bonchev–Trinajstić information content (AvgIpc) is 2.93. The Balaban J connectivity index is 1.80. The van der Waals surface area contributed by atoms with E-state index in [1.54, 1.807) is 11.6 Å². The summed E-state index contributed by atoms with van der Waals surface area (Å²) in [6.45, 7) is 2.63. The van der Waals surface area contributed by atoms with Crippen LogP contribution >= 0.6 is 0 Å². The SMILES string of the molecule is COc1ccc(CNc2cc(C)nc3ncnn23)cc1. The Morgan fingerprint density at radius 2 is 2.05 bits per heavy atom. The smallest absolute Gasteiger partial charge is 0.254 e. The van der Waals surface area contributed by atoms with E-state index in [0.29, 0.717) is 12.3 Å². The number of nitrogens with one attached hydrogen (secondary N) is 1. The highest BCUT2D eigenvalue weighted by Crippen LogP contribution is 2.14. The van der Waals surface area contributed by atoms with Crippen LogP contribution in [0.5, 0.6) is 5.75 Å². The van der Waals surface area contributed by atoms with Crippen LogP contribution < -0.4 is 10.1 Å². The zero-order valence-electron chi connectivity index (χ0n) is 11.4. The number of hydrogen-bond acceptors (Lipinski definition) is 5. The van der Waals surface area contributed by atoms with Crippen molar-refractivity contribution in [2.45, 2.75) is 13.5 Å². The van der Waals surface area contributed by atoms with Gasteiger partial charge in [0.2, 0.25) is 0 Å². The highest BCUT2D eigenvalue weighted by atomic mass is 16.5. The minimum atomic E-state index is 0.599. The maximum absolute atomic E-state index is 5.14. The van der Waals surface area contributed by atoms with Crippen LogP contribution in [-0.4, -0.2) is 26.7 Å². The minimum absolute atomic E-state index is 0.599.